The van der Waals surface area contributed by atoms with Crippen molar-refractivity contribution in [2.75, 3.05) is 52.4 Å². The van der Waals surface area contributed by atoms with Gasteiger partial charge in [-0.3, -0.25) is 14.4 Å². The summed E-state index contributed by atoms with van der Waals surface area (Å²) in [7, 11) is 3.36. The molecule has 0 radical (unpaired) electrons. The normalized spacial score (nSPS) is 23.2. The van der Waals surface area contributed by atoms with E-state index < -0.39 is 0 Å². The SMILES string of the molecule is CO[C@H]1CN(C)C(=O)c2ccc(NC(=O)C3CCOCC3)cc2OC[C@H](C)N(C(=O)c2ccccc2)C[C@H]1C. The number of carbonyl (C=O) groups excluding carboxylic acids is 3. The van der Waals surface area contributed by atoms with E-state index in [0.717, 1.165) is 0 Å². The van der Waals surface area contributed by atoms with E-state index in [4.69, 9.17) is 14.2 Å². The molecule has 2 aromatic rings. The standard InChI is InChI=1S/C30H39N3O6/c1-20-17-33(29(35)23-8-6-5-7-9-23)21(2)19-39-26-16-24(31-28(34)22-12-14-38-15-13-22)10-11-25(26)30(36)32(3)18-27(20)37-4/h5-11,16,20-22,27H,12-15,17-19H2,1-4H3,(H,31,34)/t20-,21+,27+/m1/s1. The summed E-state index contributed by atoms with van der Waals surface area (Å²) in [4.78, 5) is 43.3. The van der Waals surface area contributed by atoms with E-state index in [-0.39, 0.29) is 48.3 Å². The van der Waals surface area contributed by atoms with E-state index in [0.29, 0.717) is 61.7 Å². The van der Waals surface area contributed by atoms with Gasteiger partial charge in [0.1, 0.15) is 12.4 Å². The van der Waals surface area contributed by atoms with Crippen LogP contribution in [0.25, 0.3) is 0 Å². The van der Waals surface area contributed by atoms with E-state index in [9.17, 15) is 14.4 Å². The van der Waals surface area contributed by atoms with Crippen molar-refractivity contribution in [2.45, 2.75) is 38.8 Å². The fourth-order valence-electron chi connectivity index (χ4n) is 5.08. The van der Waals surface area contributed by atoms with Gasteiger partial charge in [-0.25, -0.2) is 0 Å². The van der Waals surface area contributed by atoms with Gasteiger partial charge in [0.15, 0.2) is 0 Å². The molecular formula is C30H39N3O6. The van der Waals surface area contributed by atoms with Crippen LogP contribution in [0.4, 0.5) is 5.69 Å². The van der Waals surface area contributed by atoms with Crippen molar-refractivity contribution in [1.82, 2.24) is 9.80 Å². The third-order valence-corrected chi connectivity index (χ3v) is 7.59. The van der Waals surface area contributed by atoms with Gasteiger partial charge >= 0.3 is 0 Å². The van der Waals surface area contributed by atoms with Crippen LogP contribution in [0.2, 0.25) is 0 Å². The molecule has 2 aliphatic rings. The second-order valence-corrected chi connectivity index (χ2v) is 10.5. The Morgan fingerprint density at radius 2 is 1.74 bits per heavy atom. The molecule has 4 rings (SSSR count). The summed E-state index contributed by atoms with van der Waals surface area (Å²) >= 11 is 0. The summed E-state index contributed by atoms with van der Waals surface area (Å²) < 4.78 is 17.4. The molecule has 3 atom stereocenters. The largest absolute Gasteiger partial charge is 0.491 e. The molecule has 2 aliphatic heterocycles. The van der Waals surface area contributed by atoms with E-state index in [1.54, 1.807) is 49.4 Å². The number of rotatable bonds is 4. The van der Waals surface area contributed by atoms with Crippen LogP contribution in [0.3, 0.4) is 0 Å². The number of hydrogen-bond acceptors (Lipinski definition) is 6. The highest BCUT2D eigenvalue weighted by Crippen LogP contribution is 2.28. The molecule has 9 heteroatoms. The van der Waals surface area contributed by atoms with Crippen molar-refractivity contribution < 1.29 is 28.6 Å². The predicted molar refractivity (Wildman–Crippen MR) is 148 cm³/mol. The van der Waals surface area contributed by atoms with Crippen molar-refractivity contribution in [2.24, 2.45) is 11.8 Å². The van der Waals surface area contributed by atoms with Crippen molar-refractivity contribution >= 4 is 23.4 Å². The fourth-order valence-corrected chi connectivity index (χ4v) is 5.08. The highest BCUT2D eigenvalue weighted by Gasteiger charge is 2.31. The number of carbonyl (C=O) groups is 3. The molecule has 1 fully saturated rings. The zero-order valence-corrected chi connectivity index (χ0v) is 23.2. The fraction of sp³-hybridized carbons (Fsp3) is 0.500. The summed E-state index contributed by atoms with van der Waals surface area (Å²) in [6, 6.07) is 14.0. The van der Waals surface area contributed by atoms with Crippen LogP contribution < -0.4 is 10.1 Å². The van der Waals surface area contributed by atoms with Gasteiger partial charge in [0, 0.05) is 69.6 Å². The first-order chi connectivity index (χ1) is 18.8. The Kier molecular flexibility index (Phi) is 9.59. The molecule has 0 saturated carbocycles. The van der Waals surface area contributed by atoms with Gasteiger partial charge < -0.3 is 29.3 Å². The molecule has 1 N–H and O–H groups in total. The lowest BCUT2D eigenvalue weighted by Gasteiger charge is -2.36. The Hall–Kier alpha value is -3.43. The molecule has 0 aliphatic carbocycles. The minimum Gasteiger partial charge on any atom is -0.491 e. The van der Waals surface area contributed by atoms with Gasteiger partial charge in [-0.1, -0.05) is 25.1 Å². The third-order valence-electron chi connectivity index (χ3n) is 7.59. The molecule has 3 amide bonds. The lowest BCUT2D eigenvalue weighted by Crippen LogP contribution is -2.48. The Morgan fingerprint density at radius 3 is 2.44 bits per heavy atom. The monoisotopic (exact) mass is 537 g/mol. The van der Waals surface area contributed by atoms with Crippen molar-refractivity contribution in [3.63, 3.8) is 0 Å². The highest BCUT2D eigenvalue weighted by atomic mass is 16.5. The number of nitrogens with zero attached hydrogens (tertiary/aromatic N) is 2. The summed E-state index contributed by atoms with van der Waals surface area (Å²) in [5.41, 5.74) is 1.54. The first kappa shape index (κ1) is 28.6. The number of amides is 3. The lowest BCUT2D eigenvalue weighted by molar-refractivity contribution is -0.122. The topological polar surface area (TPSA) is 97.4 Å². The lowest BCUT2D eigenvalue weighted by atomic mass is 9.99. The van der Waals surface area contributed by atoms with Gasteiger partial charge in [0.05, 0.1) is 17.7 Å². The zero-order chi connectivity index (χ0) is 27.9. The van der Waals surface area contributed by atoms with Crippen LogP contribution >= 0.6 is 0 Å². The van der Waals surface area contributed by atoms with Crippen LogP contribution in [0.15, 0.2) is 48.5 Å². The highest BCUT2D eigenvalue weighted by molar-refractivity contribution is 5.99. The maximum absolute atomic E-state index is 13.6. The average molecular weight is 538 g/mol. The summed E-state index contributed by atoms with van der Waals surface area (Å²) in [5.74, 6) is -0.154. The molecule has 1 saturated heterocycles. The van der Waals surface area contributed by atoms with E-state index in [1.807, 2.05) is 36.9 Å². The van der Waals surface area contributed by atoms with Crippen molar-refractivity contribution in [1.29, 1.82) is 0 Å². The van der Waals surface area contributed by atoms with Gasteiger partial charge in [-0.15, -0.1) is 0 Å². The smallest absolute Gasteiger partial charge is 0.257 e. The molecule has 0 bridgehead atoms. The van der Waals surface area contributed by atoms with Crippen molar-refractivity contribution in [3.05, 3.63) is 59.7 Å². The van der Waals surface area contributed by atoms with Crippen LogP contribution in [-0.2, 0) is 14.3 Å². The molecule has 2 aromatic carbocycles. The van der Waals surface area contributed by atoms with Gasteiger partial charge in [0.25, 0.3) is 11.8 Å². The Balaban J connectivity index is 1.63. The first-order valence-electron chi connectivity index (χ1n) is 13.6. The summed E-state index contributed by atoms with van der Waals surface area (Å²) in [6.07, 6.45) is 1.08. The number of anilines is 1. The van der Waals surface area contributed by atoms with E-state index in [1.165, 1.54) is 0 Å². The number of benzene rings is 2. The third kappa shape index (κ3) is 6.96. The van der Waals surface area contributed by atoms with Gasteiger partial charge in [-0.05, 0) is 44.0 Å². The molecule has 9 nitrogen and oxygen atoms in total. The molecule has 2 heterocycles. The molecular weight excluding hydrogens is 498 g/mol. The number of likely N-dealkylation sites (N-methyl/N-ethyl adjacent to an activating group) is 1. The maximum Gasteiger partial charge on any atom is 0.257 e. The maximum atomic E-state index is 13.6. The average Bonchev–Trinajstić information content (AvgIpc) is 2.97. The molecule has 0 aromatic heterocycles. The summed E-state index contributed by atoms with van der Waals surface area (Å²) in [6.45, 7) is 6.06. The van der Waals surface area contributed by atoms with Crippen LogP contribution in [0.1, 0.15) is 47.4 Å². The zero-order valence-electron chi connectivity index (χ0n) is 23.2. The molecule has 39 heavy (non-hydrogen) atoms. The first-order valence-corrected chi connectivity index (χ1v) is 13.6. The minimum absolute atomic E-state index is 0.0398. The predicted octanol–water partition coefficient (Wildman–Crippen LogP) is 3.70. The Morgan fingerprint density at radius 1 is 1.03 bits per heavy atom. The minimum atomic E-state index is -0.293. The Bertz CT molecular complexity index is 1150. The number of hydrogen-bond donors (Lipinski definition) is 1. The summed E-state index contributed by atoms with van der Waals surface area (Å²) in [5, 5.41) is 2.97. The quantitative estimate of drug-likeness (QED) is 0.639. The van der Waals surface area contributed by atoms with Crippen molar-refractivity contribution in [3.8, 4) is 5.75 Å². The van der Waals surface area contributed by atoms with E-state index >= 15 is 0 Å². The number of methoxy groups -OCH3 is 1. The van der Waals surface area contributed by atoms with Crippen LogP contribution in [0, 0.1) is 11.8 Å². The number of ether oxygens (including phenoxy) is 3. The molecule has 0 spiro atoms. The van der Waals surface area contributed by atoms with Crippen LogP contribution in [0.5, 0.6) is 5.75 Å². The second kappa shape index (κ2) is 13.1. The van der Waals surface area contributed by atoms with Gasteiger partial charge in [0.2, 0.25) is 5.91 Å². The second-order valence-electron chi connectivity index (χ2n) is 10.5. The number of fused-ring (bicyclic) bond motifs is 1. The van der Waals surface area contributed by atoms with Gasteiger partial charge in [-0.2, -0.15) is 0 Å². The Labute approximate surface area is 230 Å². The van der Waals surface area contributed by atoms with E-state index in [2.05, 4.69) is 5.32 Å². The van der Waals surface area contributed by atoms with Crippen LogP contribution in [-0.4, -0.2) is 86.7 Å². The molecule has 0 unspecified atom stereocenters. The number of nitrogens with one attached hydrogen (secondary N) is 1. The molecule has 210 valence electrons.